The standard InChI is InChI=1S/C10H12F3N3/c1-2-5-15-10(14)16-7-4-3-6(11)8(12)9(7)13/h3-4H,2,5H2,1H3,(H3,14,15,16). The molecule has 0 aliphatic rings. The van der Waals surface area contributed by atoms with Crippen LogP contribution in [0.2, 0.25) is 0 Å². The maximum atomic E-state index is 13.2. The van der Waals surface area contributed by atoms with E-state index in [1.807, 2.05) is 6.92 Å². The van der Waals surface area contributed by atoms with Crippen molar-refractivity contribution in [1.29, 1.82) is 0 Å². The van der Waals surface area contributed by atoms with Crippen LogP contribution >= 0.6 is 0 Å². The molecular weight excluding hydrogens is 219 g/mol. The Morgan fingerprint density at radius 3 is 2.62 bits per heavy atom. The fraction of sp³-hybridized carbons (Fsp3) is 0.300. The fourth-order valence-electron chi connectivity index (χ4n) is 1.03. The number of rotatable bonds is 3. The summed E-state index contributed by atoms with van der Waals surface area (Å²) >= 11 is 0. The van der Waals surface area contributed by atoms with E-state index >= 15 is 0 Å². The van der Waals surface area contributed by atoms with E-state index in [0.29, 0.717) is 6.54 Å². The van der Waals surface area contributed by atoms with Crippen LogP contribution in [-0.2, 0) is 0 Å². The van der Waals surface area contributed by atoms with Crippen molar-refractivity contribution < 1.29 is 13.2 Å². The summed E-state index contributed by atoms with van der Waals surface area (Å²) < 4.78 is 38.6. The minimum atomic E-state index is -1.53. The monoisotopic (exact) mass is 231 g/mol. The van der Waals surface area contributed by atoms with Crippen LogP contribution < -0.4 is 11.1 Å². The molecular formula is C10H12F3N3. The van der Waals surface area contributed by atoms with Gasteiger partial charge >= 0.3 is 0 Å². The number of guanidine groups is 1. The number of benzene rings is 1. The Hall–Kier alpha value is -1.72. The molecule has 3 nitrogen and oxygen atoms in total. The molecule has 0 aromatic heterocycles. The number of nitrogens with zero attached hydrogens (tertiary/aromatic N) is 1. The summed E-state index contributed by atoms with van der Waals surface area (Å²) in [5.74, 6) is -4.12. The molecule has 0 unspecified atom stereocenters. The van der Waals surface area contributed by atoms with Gasteiger partial charge < -0.3 is 11.1 Å². The zero-order valence-electron chi connectivity index (χ0n) is 8.73. The van der Waals surface area contributed by atoms with Crippen LogP contribution in [0.4, 0.5) is 18.9 Å². The lowest BCUT2D eigenvalue weighted by Gasteiger charge is -2.07. The second kappa shape index (κ2) is 5.39. The number of hydrogen-bond acceptors (Lipinski definition) is 1. The Balaban J connectivity index is 2.86. The van der Waals surface area contributed by atoms with Crippen LogP contribution in [-0.4, -0.2) is 12.5 Å². The maximum Gasteiger partial charge on any atom is 0.196 e. The third-order valence-electron chi connectivity index (χ3n) is 1.80. The Morgan fingerprint density at radius 1 is 1.31 bits per heavy atom. The van der Waals surface area contributed by atoms with Crippen molar-refractivity contribution in [2.24, 2.45) is 10.7 Å². The highest BCUT2D eigenvalue weighted by atomic mass is 19.2. The van der Waals surface area contributed by atoms with E-state index in [9.17, 15) is 13.2 Å². The zero-order valence-corrected chi connectivity index (χ0v) is 8.73. The average molecular weight is 231 g/mol. The minimum absolute atomic E-state index is 0.0354. The molecule has 0 radical (unpaired) electrons. The molecule has 0 fully saturated rings. The second-order valence-corrected chi connectivity index (χ2v) is 3.11. The molecule has 16 heavy (non-hydrogen) atoms. The SMILES string of the molecule is CCCN=C(N)Nc1ccc(F)c(F)c1F. The number of nitrogens with two attached hydrogens (primary N) is 1. The van der Waals surface area contributed by atoms with E-state index in [1.165, 1.54) is 0 Å². The van der Waals surface area contributed by atoms with Gasteiger partial charge in [-0.15, -0.1) is 0 Å². The summed E-state index contributed by atoms with van der Waals surface area (Å²) in [7, 11) is 0. The zero-order chi connectivity index (χ0) is 12.1. The summed E-state index contributed by atoms with van der Waals surface area (Å²) in [6, 6.07) is 1.87. The van der Waals surface area contributed by atoms with Crippen molar-refractivity contribution >= 4 is 11.6 Å². The summed E-state index contributed by atoms with van der Waals surface area (Å²) in [5.41, 5.74) is 5.17. The van der Waals surface area contributed by atoms with Gasteiger partial charge in [0, 0.05) is 6.54 Å². The predicted molar refractivity (Wildman–Crippen MR) is 56.7 cm³/mol. The number of halogens is 3. The van der Waals surface area contributed by atoms with Crippen molar-refractivity contribution in [2.75, 3.05) is 11.9 Å². The second-order valence-electron chi connectivity index (χ2n) is 3.11. The molecule has 0 amide bonds. The first-order valence-electron chi connectivity index (χ1n) is 4.76. The van der Waals surface area contributed by atoms with E-state index in [0.717, 1.165) is 18.6 Å². The number of anilines is 1. The molecule has 0 bridgehead atoms. The van der Waals surface area contributed by atoms with Gasteiger partial charge in [0.05, 0.1) is 5.69 Å². The van der Waals surface area contributed by atoms with Gasteiger partial charge in [-0.3, -0.25) is 4.99 Å². The normalized spacial score (nSPS) is 11.6. The molecule has 1 aromatic rings. The third kappa shape index (κ3) is 2.88. The van der Waals surface area contributed by atoms with Crippen molar-refractivity contribution in [3.05, 3.63) is 29.6 Å². The van der Waals surface area contributed by atoms with Crippen molar-refractivity contribution in [3.8, 4) is 0 Å². The largest absolute Gasteiger partial charge is 0.370 e. The molecule has 1 rings (SSSR count). The maximum absolute atomic E-state index is 13.2. The predicted octanol–water partition coefficient (Wildman–Crippen LogP) is 2.24. The molecule has 1 aromatic carbocycles. The summed E-state index contributed by atoms with van der Waals surface area (Å²) in [6.07, 6.45) is 0.780. The van der Waals surface area contributed by atoms with Gasteiger partial charge in [0.25, 0.3) is 0 Å². The molecule has 3 N–H and O–H groups in total. The van der Waals surface area contributed by atoms with Gasteiger partial charge in [-0.2, -0.15) is 0 Å². The molecule has 0 saturated carbocycles. The Labute approximate surface area is 91.2 Å². The number of nitrogens with one attached hydrogen (secondary N) is 1. The minimum Gasteiger partial charge on any atom is -0.370 e. The topological polar surface area (TPSA) is 50.4 Å². The van der Waals surface area contributed by atoms with Crippen LogP contribution in [0.5, 0.6) is 0 Å². The number of hydrogen-bond donors (Lipinski definition) is 2. The van der Waals surface area contributed by atoms with E-state index in [-0.39, 0.29) is 11.6 Å². The van der Waals surface area contributed by atoms with E-state index in [4.69, 9.17) is 5.73 Å². The van der Waals surface area contributed by atoms with Crippen LogP contribution in [0.1, 0.15) is 13.3 Å². The van der Waals surface area contributed by atoms with Crippen LogP contribution in [0.3, 0.4) is 0 Å². The molecule has 0 atom stereocenters. The van der Waals surface area contributed by atoms with E-state index < -0.39 is 17.5 Å². The summed E-state index contributed by atoms with van der Waals surface area (Å²) in [5, 5.41) is 2.36. The molecule has 0 spiro atoms. The lowest BCUT2D eigenvalue weighted by Crippen LogP contribution is -2.23. The van der Waals surface area contributed by atoms with Crippen molar-refractivity contribution in [1.82, 2.24) is 0 Å². The van der Waals surface area contributed by atoms with Gasteiger partial charge in [0.2, 0.25) is 0 Å². The van der Waals surface area contributed by atoms with Crippen molar-refractivity contribution in [3.63, 3.8) is 0 Å². The smallest absolute Gasteiger partial charge is 0.196 e. The van der Waals surface area contributed by atoms with Gasteiger partial charge in [0.1, 0.15) is 0 Å². The first kappa shape index (κ1) is 12.4. The Kier molecular flexibility index (Phi) is 4.16. The van der Waals surface area contributed by atoms with E-state index in [1.54, 1.807) is 0 Å². The quantitative estimate of drug-likeness (QED) is 0.476. The first-order valence-corrected chi connectivity index (χ1v) is 4.76. The lowest BCUT2D eigenvalue weighted by molar-refractivity contribution is 0.449. The van der Waals surface area contributed by atoms with Gasteiger partial charge in [0.15, 0.2) is 23.4 Å². The highest BCUT2D eigenvalue weighted by molar-refractivity contribution is 5.92. The Bertz CT molecular complexity index is 405. The lowest BCUT2D eigenvalue weighted by atomic mass is 10.3. The molecule has 0 aliphatic carbocycles. The average Bonchev–Trinajstić information content (AvgIpc) is 2.27. The van der Waals surface area contributed by atoms with Gasteiger partial charge in [-0.25, -0.2) is 13.2 Å². The molecule has 0 heterocycles. The number of aliphatic imine (C=N–C) groups is 1. The molecule has 88 valence electrons. The van der Waals surface area contributed by atoms with Crippen molar-refractivity contribution in [2.45, 2.75) is 13.3 Å². The third-order valence-corrected chi connectivity index (χ3v) is 1.80. The highest BCUT2D eigenvalue weighted by Crippen LogP contribution is 2.19. The highest BCUT2D eigenvalue weighted by Gasteiger charge is 2.13. The van der Waals surface area contributed by atoms with Crippen LogP contribution in [0.25, 0.3) is 0 Å². The van der Waals surface area contributed by atoms with E-state index in [2.05, 4.69) is 10.3 Å². The van der Waals surface area contributed by atoms with Gasteiger partial charge in [-0.05, 0) is 18.6 Å². The fourth-order valence-corrected chi connectivity index (χ4v) is 1.03. The summed E-state index contributed by atoms with van der Waals surface area (Å²) in [4.78, 5) is 3.83. The first-order chi connectivity index (χ1) is 7.56. The Morgan fingerprint density at radius 2 is 2.00 bits per heavy atom. The van der Waals surface area contributed by atoms with Gasteiger partial charge in [-0.1, -0.05) is 6.92 Å². The summed E-state index contributed by atoms with van der Waals surface area (Å²) in [6.45, 7) is 2.37. The molecule has 0 aliphatic heterocycles. The molecule has 6 heteroatoms. The van der Waals surface area contributed by atoms with Crippen LogP contribution in [0, 0.1) is 17.5 Å². The van der Waals surface area contributed by atoms with Crippen LogP contribution in [0.15, 0.2) is 17.1 Å². The molecule has 0 saturated heterocycles.